The van der Waals surface area contributed by atoms with Crippen LogP contribution in [0.5, 0.6) is 0 Å². The van der Waals surface area contributed by atoms with Crippen molar-refractivity contribution in [2.75, 3.05) is 0 Å². The van der Waals surface area contributed by atoms with Crippen molar-refractivity contribution in [3.8, 4) is 0 Å². The Morgan fingerprint density at radius 1 is 1.21 bits per heavy atom. The SMILES string of the molecule is c1ccc(C2CC2n2nnnc2CNC2CC2)cc1. The van der Waals surface area contributed by atoms with Gasteiger partial charge in [0.2, 0.25) is 0 Å². The number of nitrogens with zero attached hydrogens (tertiary/aromatic N) is 4. The Labute approximate surface area is 112 Å². The monoisotopic (exact) mass is 255 g/mol. The molecule has 19 heavy (non-hydrogen) atoms. The quantitative estimate of drug-likeness (QED) is 0.882. The summed E-state index contributed by atoms with van der Waals surface area (Å²) in [5.74, 6) is 1.54. The maximum atomic E-state index is 4.17. The van der Waals surface area contributed by atoms with Crippen molar-refractivity contribution in [1.82, 2.24) is 25.5 Å². The molecule has 2 unspecified atom stereocenters. The first-order valence-electron chi connectivity index (χ1n) is 6.97. The fraction of sp³-hybridized carbons (Fsp3) is 0.500. The summed E-state index contributed by atoms with van der Waals surface area (Å²) >= 11 is 0. The molecule has 1 heterocycles. The molecule has 2 atom stereocenters. The third-order valence-corrected chi connectivity index (χ3v) is 3.99. The lowest BCUT2D eigenvalue weighted by atomic mass is 10.1. The molecule has 1 N–H and O–H groups in total. The minimum Gasteiger partial charge on any atom is -0.307 e. The molecule has 2 aromatic rings. The van der Waals surface area contributed by atoms with Crippen LogP contribution in [0.15, 0.2) is 30.3 Å². The molecule has 1 aromatic heterocycles. The molecule has 5 heteroatoms. The molecule has 0 amide bonds. The van der Waals surface area contributed by atoms with Gasteiger partial charge in [0.05, 0.1) is 12.6 Å². The Hall–Kier alpha value is -1.75. The number of hydrogen-bond acceptors (Lipinski definition) is 4. The summed E-state index contributed by atoms with van der Waals surface area (Å²) in [5.41, 5.74) is 1.39. The number of rotatable bonds is 5. The summed E-state index contributed by atoms with van der Waals surface area (Å²) < 4.78 is 2.01. The molecule has 4 rings (SSSR count). The Balaban J connectivity index is 1.47. The first kappa shape index (κ1) is 11.1. The largest absolute Gasteiger partial charge is 0.307 e. The predicted molar refractivity (Wildman–Crippen MR) is 70.5 cm³/mol. The average Bonchev–Trinajstić information content (AvgIpc) is 3.37. The number of benzene rings is 1. The maximum Gasteiger partial charge on any atom is 0.165 e. The van der Waals surface area contributed by atoms with Crippen LogP contribution in [0.3, 0.4) is 0 Å². The van der Waals surface area contributed by atoms with Gasteiger partial charge in [0.1, 0.15) is 0 Å². The van der Waals surface area contributed by atoms with Crippen LogP contribution >= 0.6 is 0 Å². The molecule has 2 fully saturated rings. The minimum atomic E-state index is 0.438. The van der Waals surface area contributed by atoms with Gasteiger partial charge < -0.3 is 5.32 Å². The highest BCUT2D eigenvalue weighted by molar-refractivity contribution is 5.26. The van der Waals surface area contributed by atoms with Crippen LogP contribution in [0.1, 0.15) is 42.6 Å². The van der Waals surface area contributed by atoms with E-state index in [1.807, 2.05) is 4.68 Å². The molecule has 2 aliphatic rings. The van der Waals surface area contributed by atoms with Gasteiger partial charge in [0.25, 0.3) is 0 Å². The summed E-state index contributed by atoms with van der Waals surface area (Å²) in [4.78, 5) is 0. The smallest absolute Gasteiger partial charge is 0.165 e. The highest BCUT2D eigenvalue weighted by Gasteiger charge is 2.42. The van der Waals surface area contributed by atoms with Crippen LogP contribution in [0.2, 0.25) is 0 Å². The molecule has 2 saturated carbocycles. The van der Waals surface area contributed by atoms with Crippen molar-refractivity contribution in [2.24, 2.45) is 0 Å². The van der Waals surface area contributed by atoms with Gasteiger partial charge in [-0.3, -0.25) is 0 Å². The van der Waals surface area contributed by atoms with Gasteiger partial charge in [-0.15, -0.1) is 5.10 Å². The van der Waals surface area contributed by atoms with Gasteiger partial charge in [0, 0.05) is 12.0 Å². The van der Waals surface area contributed by atoms with E-state index in [0.717, 1.165) is 18.8 Å². The van der Waals surface area contributed by atoms with Crippen LogP contribution in [-0.4, -0.2) is 26.2 Å². The van der Waals surface area contributed by atoms with Gasteiger partial charge >= 0.3 is 0 Å². The summed E-state index contributed by atoms with van der Waals surface area (Å²) in [6, 6.07) is 11.8. The number of tetrazole rings is 1. The van der Waals surface area contributed by atoms with Gasteiger partial charge in [-0.05, 0) is 35.3 Å². The summed E-state index contributed by atoms with van der Waals surface area (Å²) in [5, 5.41) is 15.6. The third-order valence-electron chi connectivity index (χ3n) is 3.99. The first-order valence-corrected chi connectivity index (χ1v) is 6.97. The lowest BCUT2D eigenvalue weighted by Crippen LogP contribution is -2.19. The zero-order chi connectivity index (χ0) is 12.7. The van der Waals surface area contributed by atoms with Crippen molar-refractivity contribution in [3.63, 3.8) is 0 Å². The second-order valence-corrected chi connectivity index (χ2v) is 5.52. The molecule has 98 valence electrons. The molecule has 1 aromatic carbocycles. The van der Waals surface area contributed by atoms with Crippen LogP contribution in [0, 0.1) is 0 Å². The van der Waals surface area contributed by atoms with Gasteiger partial charge in [-0.1, -0.05) is 30.3 Å². The lowest BCUT2D eigenvalue weighted by Gasteiger charge is -2.05. The highest BCUT2D eigenvalue weighted by atomic mass is 15.6. The average molecular weight is 255 g/mol. The second kappa shape index (κ2) is 4.42. The Kier molecular flexibility index (Phi) is 2.58. The Bertz CT molecular complexity index is 560. The number of hydrogen-bond donors (Lipinski definition) is 1. The van der Waals surface area contributed by atoms with Crippen molar-refractivity contribution in [3.05, 3.63) is 41.7 Å². The minimum absolute atomic E-state index is 0.438. The predicted octanol–water partition coefficient (Wildman–Crippen LogP) is 1.65. The number of nitrogens with one attached hydrogen (secondary N) is 1. The molecule has 0 spiro atoms. The molecular weight excluding hydrogens is 238 g/mol. The van der Waals surface area contributed by atoms with Crippen molar-refractivity contribution in [1.29, 1.82) is 0 Å². The highest BCUT2D eigenvalue weighted by Crippen LogP contribution is 2.51. The van der Waals surface area contributed by atoms with Crippen molar-refractivity contribution >= 4 is 0 Å². The molecule has 0 bridgehead atoms. The van der Waals surface area contributed by atoms with Gasteiger partial charge in [-0.25, -0.2) is 4.68 Å². The molecule has 5 nitrogen and oxygen atoms in total. The standard InChI is InChI=1S/C14H17N5/c1-2-4-10(5-3-1)12-8-13(12)19-14(16-17-18-19)9-15-11-6-7-11/h1-5,11-13,15H,6-9H2. The second-order valence-electron chi connectivity index (χ2n) is 5.52. The van der Waals surface area contributed by atoms with E-state index < -0.39 is 0 Å². The van der Waals surface area contributed by atoms with Gasteiger partial charge in [-0.2, -0.15) is 0 Å². The topological polar surface area (TPSA) is 55.6 Å². The zero-order valence-corrected chi connectivity index (χ0v) is 10.7. The molecule has 0 saturated heterocycles. The summed E-state index contributed by atoms with van der Waals surface area (Å²) in [7, 11) is 0. The van der Waals surface area contributed by atoms with E-state index in [1.165, 1.54) is 18.4 Å². The normalized spacial score (nSPS) is 25.5. The maximum absolute atomic E-state index is 4.17. The van der Waals surface area contributed by atoms with E-state index >= 15 is 0 Å². The van der Waals surface area contributed by atoms with E-state index in [2.05, 4.69) is 51.2 Å². The Morgan fingerprint density at radius 2 is 2.05 bits per heavy atom. The summed E-state index contributed by atoms with van der Waals surface area (Å²) in [6.07, 6.45) is 3.72. The lowest BCUT2D eigenvalue weighted by molar-refractivity contribution is 0.544. The van der Waals surface area contributed by atoms with E-state index in [0.29, 0.717) is 18.0 Å². The fourth-order valence-electron chi connectivity index (χ4n) is 2.62. The Morgan fingerprint density at radius 3 is 2.84 bits per heavy atom. The van der Waals surface area contributed by atoms with E-state index in [-0.39, 0.29) is 0 Å². The van der Waals surface area contributed by atoms with Crippen LogP contribution in [-0.2, 0) is 6.54 Å². The molecule has 2 aliphatic carbocycles. The van der Waals surface area contributed by atoms with Crippen LogP contribution in [0.4, 0.5) is 0 Å². The zero-order valence-electron chi connectivity index (χ0n) is 10.7. The fourth-order valence-corrected chi connectivity index (χ4v) is 2.62. The molecular formula is C14H17N5. The summed E-state index contributed by atoms with van der Waals surface area (Å²) in [6.45, 7) is 0.787. The van der Waals surface area contributed by atoms with Crippen molar-refractivity contribution < 1.29 is 0 Å². The van der Waals surface area contributed by atoms with E-state index in [4.69, 9.17) is 0 Å². The molecule has 0 radical (unpaired) electrons. The number of aromatic nitrogens is 4. The van der Waals surface area contributed by atoms with Gasteiger partial charge in [0.15, 0.2) is 5.82 Å². The van der Waals surface area contributed by atoms with Crippen LogP contribution < -0.4 is 5.32 Å². The molecule has 0 aliphatic heterocycles. The third kappa shape index (κ3) is 2.26. The van der Waals surface area contributed by atoms with E-state index in [9.17, 15) is 0 Å². The first-order chi connectivity index (χ1) is 9.42. The van der Waals surface area contributed by atoms with Crippen LogP contribution in [0.25, 0.3) is 0 Å². The van der Waals surface area contributed by atoms with Crippen molar-refractivity contribution in [2.45, 2.75) is 43.8 Å². The van der Waals surface area contributed by atoms with E-state index in [1.54, 1.807) is 0 Å².